The monoisotopic (exact) mass is 299 g/mol. The van der Waals surface area contributed by atoms with Gasteiger partial charge in [0.15, 0.2) is 0 Å². The molecule has 1 fully saturated rings. The van der Waals surface area contributed by atoms with E-state index in [1.165, 1.54) is 23.3 Å². The molecule has 0 saturated carbocycles. The van der Waals surface area contributed by atoms with Crippen LogP contribution in [0.2, 0.25) is 5.02 Å². The summed E-state index contributed by atoms with van der Waals surface area (Å²) in [5.41, 5.74) is 1.28. The summed E-state index contributed by atoms with van der Waals surface area (Å²) in [5, 5.41) is 4.31. The van der Waals surface area contributed by atoms with Crippen LogP contribution in [0.15, 0.2) is 23.1 Å². The van der Waals surface area contributed by atoms with Gasteiger partial charge in [0.2, 0.25) is 0 Å². The van der Waals surface area contributed by atoms with Crippen molar-refractivity contribution >= 4 is 23.4 Å². The highest BCUT2D eigenvalue weighted by atomic mass is 35.5. The maximum atomic E-state index is 6.34. The van der Waals surface area contributed by atoms with Gasteiger partial charge in [-0.25, -0.2) is 0 Å². The second-order valence-corrected chi connectivity index (χ2v) is 6.65. The van der Waals surface area contributed by atoms with E-state index in [1.807, 2.05) is 23.9 Å². The second-order valence-electron chi connectivity index (χ2n) is 5.21. The van der Waals surface area contributed by atoms with Gasteiger partial charge in [-0.1, -0.05) is 37.6 Å². The molecule has 0 spiro atoms. The van der Waals surface area contributed by atoms with Crippen molar-refractivity contribution in [3.63, 3.8) is 0 Å². The minimum absolute atomic E-state index is 0.396. The van der Waals surface area contributed by atoms with E-state index in [0.29, 0.717) is 12.1 Å². The molecule has 2 rings (SSSR count). The molecule has 19 heavy (non-hydrogen) atoms. The van der Waals surface area contributed by atoms with Gasteiger partial charge < -0.3 is 10.1 Å². The molecule has 1 saturated heterocycles. The lowest BCUT2D eigenvalue weighted by Crippen LogP contribution is -2.22. The van der Waals surface area contributed by atoms with Gasteiger partial charge in [0.25, 0.3) is 0 Å². The molecular formula is C15H22ClNOS. The number of thioether (sulfide) groups is 1. The summed E-state index contributed by atoms with van der Waals surface area (Å²) in [7, 11) is 0. The molecule has 0 radical (unpaired) electrons. The fraction of sp³-hybridized carbons (Fsp3) is 0.600. The first-order valence-electron chi connectivity index (χ1n) is 6.92. The zero-order valence-electron chi connectivity index (χ0n) is 11.6. The van der Waals surface area contributed by atoms with E-state index >= 15 is 0 Å². The van der Waals surface area contributed by atoms with Crippen molar-refractivity contribution < 1.29 is 4.74 Å². The van der Waals surface area contributed by atoms with Crippen molar-refractivity contribution in [2.75, 3.05) is 12.4 Å². The molecule has 2 nitrogen and oxygen atoms in total. The van der Waals surface area contributed by atoms with E-state index in [1.54, 1.807) is 0 Å². The largest absolute Gasteiger partial charge is 0.377 e. The van der Waals surface area contributed by atoms with E-state index in [4.69, 9.17) is 16.3 Å². The number of hydrogen-bond acceptors (Lipinski definition) is 3. The highest BCUT2D eigenvalue weighted by molar-refractivity contribution is 7.99. The van der Waals surface area contributed by atoms with Crippen LogP contribution in [0.5, 0.6) is 0 Å². The molecule has 1 aliphatic rings. The van der Waals surface area contributed by atoms with Gasteiger partial charge >= 0.3 is 0 Å². The van der Waals surface area contributed by atoms with Crippen LogP contribution in [-0.4, -0.2) is 24.5 Å². The first-order valence-corrected chi connectivity index (χ1v) is 8.28. The van der Waals surface area contributed by atoms with Crippen LogP contribution in [0.25, 0.3) is 0 Å². The van der Waals surface area contributed by atoms with Crippen molar-refractivity contribution in [1.82, 2.24) is 5.32 Å². The Morgan fingerprint density at radius 2 is 2.32 bits per heavy atom. The third kappa shape index (κ3) is 4.67. The molecule has 4 heteroatoms. The predicted molar refractivity (Wildman–Crippen MR) is 83.1 cm³/mol. The van der Waals surface area contributed by atoms with E-state index < -0.39 is 0 Å². The zero-order chi connectivity index (χ0) is 13.7. The Morgan fingerprint density at radius 3 is 3.00 bits per heavy atom. The van der Waals surface area contributed by atoms with Gasteiger partial charge in [-0.05, 0) is 24.5 Å². The number of benzene rings is 1. The highest BCUT2D eigenvalue weighted by Gasteiger charge is 2.17. The maximum Gasteiger partial charge on any atom is 0.0669 e. The van der Waals surface area contributed by atoms with Crippen molar-refractivity contribution in [3.05, 3.63) is 28.8 Å². The van der Waals surface area contributed by atoms with Crippen molar-refractivity contribution in [2.45, 2.75) is 50.3 Å². The quantitative estimate of drug-likeness (QED) is 0.799. The Bertz CT molecular complexity index is 405. The summed E-state index contributed by atoms with van der Waals surface area (Å²) in [4.78, 5) is 1.20. The molecular weight excluding hydrogens is 278 g/mol. The van der Waals surface area contributed by atoms with Crippen LogP contribution < -0.4 is 5.32 Å². The van der Waals surface area contributed by atoms with E-state index in [-0.39, 0.29) is 0 Å². The Kier molecular flexibility index (Phi) is 6.02. The van der Waals surface area contributed by atoms with Gasteiger partial charge in [-0.15, -0.1) is 11.8 Å². The lowest BCUT2D eigenvalue weighted by Gasteiger charge is -2.15. The van der Waals surface area contributed by atoms with Crippen LogP contribution in [0.4, 0.5) is 0 Å². The second kappa shape index (κ2) is 7.53. The van der Waals surface area contributed by atoms with Crippen molar-refractivity contribution in [2.24, 2.45) is 0 Å². The lowest BCUT2D eigenvalue weighted by molar-refractivity contribution is 0.129. The predicted octanol–water partition coefficient (Wildman–Crippen LogP) is 4.11. The lowest BCUT2D eigenvalue weighted by atomic mass is 10.2. The van der Waals surface area contributed by atoms with Crippen molar-refractivity contribution in [1.29, 1.82) is 0 Å². The van der Waals surface area contributed by atoms with Crippen LogP contribution in [0.1, 0.15) is 32.3 Å². The fourth-order valence-corrected chi connectivity index (χ4v) is 3.63. The molecule has 106 valence electrons. The fourth-order valence-electron chi connectivity index (χ4n) is 2.12. The molecule has 1 aromatic carbocycles. The number of ether oxygens (including phenoxy) is 1. The Hall–Kier alpha value is -0.220. The topological polar surface area (TPSA) is 21.3 Å². The Balaban J connectivity index is 1.99. The highest BCUT2D eigenvalue weighted by Crippen LogP contribution is 2.32. The molecule has 0 aliphatic carbocycles. The maximum absolute atomic E-state index is 6.34. The molecule has 1 aromatic rings. The van der Waals surface area contributed by atoms with Crippen LogP contribution in [0, 0.1) is 0 Å². The average molecular weight is 300 g/mol. The standard InChI is InChI=1S/C15H22ClNOS/c1-11(2)17-9-12-5-3-7-14(16)15(12)19-10-13-6-4-8-18-13/h3,5,7,11,13,17H,4,6,8-10H2,1-2H3. The van der Waals surface area contributed by atoms with E-state index in [9.17, 15) is 0 Å². The molecule has 1 aliphatic heterocycles. The van der Waals surface area contributed by atoms with Gasteiger partial charge in [-0.2, -0.15) is 0 Å². The number of hydrogen-bond donors (Lipinski definition) is 1. The normalized spacial score (nSPS) is 19.3. The Labute approximate surface area is 125 Å². The summed E-state index contributed by atoms with van der Waals surface area (Å²) >= 11 is 8.17. The molecule has 0 bridgehead atoms. The van der Waals surface area contributed by atoms with Gasteiger partial charge in [0, 0.05) is 29.8 Å². The summed E-state index contributed by atoms with van der Waals surface area (Å²) in [6, 6.07) is 6.63. The van der Waals surface area contributed by atoms with Crippen LogP contribution in [-0.2, 0) is 11.3 Å². The third-order valence-corrected chi connectivity index (χ3v) is 4.92. The van der Waals surface area contributed by atoms with Gasteiger partial charge in [-0.3, -0.25) is 0 Å². The van der Waals surface area contributed by atoms with Crippen molar-refractivity contribution in [3.8, 4) is 0 Å². The minimum Gasteiger partial charge on any atom is -0.377 e. The molecule has 1 heterocycles. The molecule has 0 amide bonds. The number of nitrogens with one attached hydrogen (secondary N) is 1. The minimum atomic E-state index is 0.396. The summed E-state index contributed by atoms with van der Waals surface area (Å²) in [6.07, 6.45) is 2.76. The number of halogens is 1. The third-order valence-electron chi connectivity index (χ3n) is 3.19. The average Bonchev–Trinajstić information content (AvgIpc) is 2.88. The smallest absolute Gasteiger partial charge is 0.0669 e. The van der Waals surface area contributed by atoms with Gasteiger partial charge in [0.1, 0.15) is 0 Å². The summed E-state index contributed by atoms with van der Waals surface area (Å²) in [6.45, 7) is 6.09. The summed E-state index contributed by atoms with van der Waals surface area (Å²) in [5.74, 6) is 0.998. The van der Waals surface area contributed by atoms with E-state index in [0.717, 1.165) is 23.9 Å². The summed E-state index contributed by atoms with van der Waals surface area (Å²) < 4.78 is 5.67. The SMILES string of the molecule is CC(C)NCc1cccc(Cl)c1SCC1CCCO1. The Morgan fingerprint density at radius 1 is 1.47 bits per heavy atom. The van der Waals surface area contributed by atoms with Crippen LogP contribution in [0.3, 0.4) is 0 Å². The van der Waals surface area contributed by atoms with E-state index in [2.05, 4.69) is 25.2 Å². The first kappa shape index (κ1) is 15.2. The van der Waals surface area contributed by atoms with Gasteiger partial charge in [0.05, 0.1) is 11.1 Å². The van der Waals surface area contributed by atoms with Crippen LogP contribution >= 0.6 is 23.4 Å². The first-order chi connectivity index (χ1) is 9.16. The molecule has 1 atom stereocenters. The zero-order valence-corrected chi connectivity index (χ0v) is 13.2. The molecule has 1 N–H and O–H groups in total. The molecule has 1 unspecified atom stereocenters. The molecule has 0 aromatic heterocycles. The number of rotatable bonds is 6.